The Balaban J connectivity index is 2.37. The largest absolute Gasteiger partial charge is 0.872 e. The zero-order valence-electron chi connectivity index (χ0n) is 7.60. The van der Waals surface area contributed by atoms with E-state index < -0.39 is 5.97 Å². The van der Waals surface area contributed by atoms with Crippen LogP contribution < -0.4 is 5.11 Å². The molecule has 0 aliphatic rings. The average molecular weight is 203 g/mol. The number of carbonyl (C=O) groups is 1. The van der Waals surface area contributed by atoms with Crippen molar-refractivity contribution in [3.05, 3.63) is 36.0 Å². The van der Waals surface area contributed by atoms with Crippen LogP contribution in [0.15, 0.2) is 30.3 Å². The van der Waals surface area contributed by atoms with Crippen molar-refractivity contribution in [2.45, 2.75) is 0 Å². The minimum atomic E-state index is -1.06. The van der Waals surface area contributed by atoms with E-state index in [9.17, 15) is 9.90 Å². The van der Waals surface area contributed by atoms with Gasteiger partial charge in [0.1, 0.15) is 5.69 Å². The molecule has 0 radical (unpaired) electrons. The van der Waals surface area contributed by atoms with Crippen LogP contribution in [-0.2, 0) is 0 Å². The van der Waals surface area contributed by atoms with Crippen LogP contribution in [0.1, 0.15) is 10.5 Å². The van der Waals surface area contributed by atoms with Gasteiger partial charge in [-0.3, -0.25) is 5.10 Å². The Hall–Kier alpha value is -2.30. The highest BCUT2D eigenvalue weighted by Crippen LogP contribution is 2.19. The molecule has 0 atom stereocenters. The smallest absolute Gasteiger partial charge is 0.353 e. The van der Waals surface area contributed by atoms with Crippen LogP contribution in [-0.4, -0.2) is 21.3 Å². The molecule has 1 aromatic carbocycles. The number of hydrogen-bond donors (Lipinski definition) is 2. The van der Waals surface area contributed by atoms with Gasteiger partial charge >= 0.3 is 5.97 Å². The van der Waals surface area contributed by atoms with Gasteiger partial charge in [-0.25, -0.2) is 4.79 Å². The maximum absolute atomic E-state index is 10.8. The predicted octanol–water partition coefficient (Wildman–Crippen LogP) is 0.848. The van der Waals surface area contributed by atoms with Crippen molar-refractivity contribution in [3.63, 3.8) is 0 Å². The summed E-state index contributed by atoms with van der Waals surface area (Å²) in [5.74, 6) is -1.15. The van der Waals surface area contributed by atoms with Crippen molar-refractivity contribution in [1.82, 2.24) is 10.2 Å². The second kappa shape index (κ2) is 3.45. The molecule has 0 aliphatic carbocycles. The molecular formula is C10H7N2O3-. The Morgan fingerprint density at radius 2 is 2.00 bits per heavy atom. The fraction of sp³-hybridized carbons (Fsp3) is 0. The van der Waals surface area contributed by atoms with E-state index in [1.807, 2.05) is 0 Å². The third-order valence-corrected chi connectivity index (χ3v) is 1.96. The number of rotatable bonds is 2. The normalized spacial score (nSPS) is 10.1. The van der Waals surface area contributed by atoms with Crippen molar-refractivity contribution in [3.8, 4) is 17.0 Å². The van der Waals surface area contributed by atoms with E-state index in [4.69, 9.17) is 5.11 Å². The summed E-state index contributed by atoms with van der Waals surface area (Å²) >= 11 is 0. The van der Waals surface area contributed by atoms with Gasteiger partial charge in [-0.05, 0) is 6.07 Å². The summed E-state index contributed by atoms with van der Waals surface area (Å²) in [7, 11) is 0. The second-order valence-electron chi connectivity index (χ2n) is 3.00. The van der Waals surface area contributed by atoms with Crippen LogP contribution in [0, 0.1) is 0 Å². The van der Waals surface area contributed by atoms with Crippen molar-refractivity contribution >= 4 is 5.97 Å². The number of aromatic nitrogens is 2. The number of H-pyrrole nitrogens is 1. The number of hydrogen-bond acceptors (Lipinski definition) is 3. The van der Waals surface area contributed by atoms with Crippen molar-refractivity contribution in [1.29, 1.82) is 0 Å². The van der Waals surface area contributed by atoms with Crippen LogP contribution in [0.5, 0.6) is 5.75 Å². The van der Waals surface area contributed by atoms with E-state index in [0.717, 1.165) is 0 Å². The molecule has 0 unspecified atom stereocenters. The molecule has 76 valence electrons. The van der Waals surface area contributed by atoms with Crippen LogP contribution in [0.2, 0.25) is 0 Å². The summed E-state index contributed by atoms with van der Waals surface area (Å²) in [6.07, 6.45) is 0. The molecule has 2 aromatic rings. The van der Waals surface area contributed by atoms with Gasteiger partial charge in [0.2, 0.25) is 0 Å². The summed E-state index contributed by atoms with van der Waals surface area (Å²) in [6, 6.07) is 7.44. The molecule has 15 heavy (non-hydrogen) atoms. The zero-order chi connectivity index (χ0) is 10.8. The Morgan fingerprint density at radius 3 is 2.53 bits per heavy atom. The topological polar surface area (TPSA) is 89.0 Å². The first-order chi connectivity index (χ1) is 7.16. The highest BCUT2D eigenvalue weighted by molar-refractivity contribution is 5.86. The Kier molecular flexibility index (Phi) is 2.13. The van der Waals surface area contributed by atoms with E-state index in [-0.39, 0.29) is 11.4 Å². The van der Waals surface area contributed by atoms with Crippen molar-refractivity contribution < 1.29 is 15.0 Å². The van der Waals surface area contributed by atoms with Gasteiger partial charge in [-0.2, -0.15) is 5.10 Å². The standard InChI is InChI=1S/C10H8N2O3/c13-7-3-1-6(2-4-7)8-5-9(10(14)15)12-11-8/h1-5,13H,(H,11,12)(H,14,15)/p-1. The summed E-state index contributed by atoms with van der Waals surface area (Å²) in [5.41, 5.74) is 1.24. The van der Waals surface area contributed by atoms with Crippen LogP contribution in [0.4, 0.5) is 0 Å². The molecule has 0 amide bonds. The average Bonchev–Trinajstić information content (AvgIpc) is 2.68. The van der Waals surface area contributed by atoms with Gasteiger partial charge in [0, 0.05) is 5.56 Å². The molecule has 0 spiro atoms. The van der Waals surface area contributed by atoms with Gasteiger partial charge in [0.15, 0.2) is 0 Å². The fourth-order valence-corrected chi connectivity index (χ4v) is 1.20. The van der Waals surface area contributed by atoms with Crippen LogP contribution >= 0.6 is 0 Å². The molecule has 2 rings (SSSR count). The quantitative estimate of drug-likeness (QED) is 0.757. The van der Waals surface area contributed by atoms with Gasteiger partial charge in [-0.1, -0.05) is 24.3 Å². The van der Waals surface area contributed by atoms with Crippen LogP contribution in [0.25, 0.3) is 11.3 Å². The summed E-state index contributed by atoms with van der Waals surface area (Å²) in [6.45, 7) is 0. The third kappa shape index (κ3) is 1.80. The lowest BCUT2D eigenvalue weighted by Gasteiger charge is -2.03. The molecule has 0 saturated carbocycles. The lowest BCUT2D eigenvalue weighted by molar-refractivity contribution is -0.268. The monoisotopic (exact) mass is 203 g/mol. The molecule has 5 heteroatoms. The van der Waals surface area contributed by atoms with E-state index in [0.29, 0.717) is 11.3 Å². The molecule has 0 aliphatic heterocycles. The highest BCUT2D eigenvalue weighted by atomic mass is 16.4. The number of nitrogens with zero attached hydrogens (tertiary/aromatic N) is 1. The third-order valence-electron chi connectivity index (χ3n) is 1.96. The second-order valence-corrected chi connectivity index (χ2v) is 3.00. The molecule has 0 fully saturated rings. The SMILES string of the molecule is O=C(O)c1cc(-c2ccc([O-])cc2)n[nH]1. The Morgan fingerprint density at radius 1 is 1.33 bits per heavy atom. The van der Waals surface area contributed by atoms with E-state index >= 15 is 0 Å². The summed E-state index contributed by atoms with van der Waals surface area (Å²) in [4.78, 5) is 10.6. The Bertz CT molecular complexity index is 488. The lowest BCUT2D eigenvalue weighted by Crippen LogP contribution is -1.95. The number of nitrogens with one attached hydrogen (secondary N) is 1. The number of aromatic amines is 1. The number of carboxylic acid groups (broad SMARTS) is 1. The fourth-order valence-electron chi connectivity index (χ4n) is 1.20. The van der Waals surface area contributed by atoms with Gasteiger partial charge < -0.3 is 10.2 Å². The van der Waals surface area contributed by atoms with Crippen LogP contribution in [0.3, 0.4) is 0 Å². The molecule has 2 N–H and O–H groups in total. The minimum absolute atomic E-state index is 0.0243. The highest BCUT2D eigenvalue weighted by Gasteiger charge is 2.08. The molecular weight excluding hydrogens is 196 g/mol. The maximum Gasteiger partial charge on any atom is 0.353 e. The first-order valence-corrected chi connectivity index (χ1v) is 4.23. The van der Waals surface area contributed by atoms with Crippen molar-refractivity contribution in [2.24, 2.45) is 0 Å². The molecule has 0 saturated heterocycles. The lowest BCUT2D eigenvalue weighted by atomic mass is 10.1. The van der Waals surface area contributed by atoms with Crippen molar-refractivity contribution in [2.75, 3.05) is 0 Å². The zero-order valence-corrected chi connectivity index (χ0v) is 7.60. The number of benzene rings is 1. The van der Waals surface area contributed by atoms with Gasteiger partial charge in [0.05, 0.1) is 5.69 Å². The first-order valence-electron chi connectivity index (χ1n) is 4.23. The minimum Gasteiger partial charge on any atom is -0.872 e. The predicted molar refractivity (Wildman–Crippen MR) is 50.4 cm³/mol. The summed E-state index contributed by atoms with van der Waals surface area (Å²) in [5, 5.41) is 25.7. The van der Waals surface area contributed by atoms with Gasteiger partial charge in [-0.15, -0.1) is 5.75 Å². The van der Waals surface area contributed by atoms with E-state index in [1.54, 1.807) is 12.1 Å². The van der Waals surface area contributed by atoms with Gasteiger partial charge in [0.25, 0.3) is 0 Å². The maximum atomic E-state index is 10.8. The van der Waals surface area contributed by atoms with E-state index in [2.05, 4.69) is 10.2 Å². The molecule has 1 heterocycles. The summed E-state index contributed by atoms with van der Waals surface area (Å²) < 4.78 is 0. The Labute approximate surface area is 85.0 Å². The molecule has 0 bridgehead atoms. The molecule has 5 nitrogen and oxygen atoms in total. The number of aromatic carboxylic acids is 1. The molecule has 1 aromatic heterocycles. The first kappa shape index (κ1) is 9.26. The van der Waals surface area contributed by atoms with E-state index in [1.165, 1.54) is 18.2 Å². The number of carboxylic acids is 1.